The van der Waals surface area contributed by atoms with Crippen LogP contribution in [-0.2, 0) is 0 Å². The highest BCUT2D eigenvalue weighted by atomic mass is 28.3. The van der Waals surface area contributed by atoms with Gasteiger partial charge in [0.1, 0.15) is 0 Å². The zero-order valence-corrected chi connectivity index (χ0v) is 14.8. The van der Waals surface area contributed by atoms with Gasteiger partial charge in [-0.2, -0.15) is 0 Å². The molecule has 0 unspecified atom stereocenters. The highest BCUT2D eigenvalue weighted by Crippen LogP contribution is 2.31. The second-order valence-corrected chi connectivity index (χ2v) is 17.2. The molecule has 0 saturated carbocycles. The smallest absolute Gasteiger partial charge is 0.0718 e. The summed E-state index contributed by atoms with van der Waals surface area (Å²) in [5, 5.41) is 3.80. The predicted molar refractivity (Wildman–Crippen MR) is 83.5 cm³/mol. The van der Waals surface area contributed by atoms with Crippen molar-refractivity contribution in [1.82, 2.24) is 0 Å². The van der Waals surface area contributed by atoms with Crippen LogP contribution in [0.1, 0.15) is 39.5 Å². The van der Waals surface area contributed by atoms with Gasteiger partial charge < -0.3 is 0 Å². The van der Waals surface area contributed by atoms with Gasteiger partial charge in [-0.1, -0.05) is 76.4 Å². The minimum absolute atomic E-state index is 1.10. The zero-order chi connectivity index (χ0) is 13.0. The molecule has 0 aromatic heterocycles. The molecule has 0 aliphatic carbocycles. The Bertz CT molecular complexity index is 212. The Hall–Kier alpha value is 0.174. The third kappa shape index (κ3) is 5.00. The molecule has 0 spiro atoms. The van der Waals surface area contributed by atoms with Crippen molar-refractivity contribution in [3.05, 3.63) is 10.4 Å². The molecule has 0 fully saturated rings. The second-order valence-electron chi connectivity index (χ2n) is 6.96. The average Bonchev–Trinajstić information content (AvgIpc) is 2.07. The maximum atomic E-state index is 2.52. The van der Waals surface area contributed by atoms with Crippen LogP contribution < -0.4 is 0 Å². The van der Waals surface area contributed by atoms with Crippen LogP contribution in [0.5, 0.6) is 0 Å². The summed E-state index contributed by atoms with van der Waals surface area (Å²) in [6, 6.07) is 0. The van der Waals surface area contributed by atoms with Gasteiger partial charge in [-0.3, -0.25) is 0 Å². The summed E-state index contributed by atoms with van der Waals surface area (Å²) < 4.78 is 0. The van der Waals surface area contributed by atoms with E-state index in [-0.39, 0.29) is 0 Å². The van der Waals surface area contributed by atoms with E-state index in [0.29, 0.717) is 0 Å². The van der Waals surface area contributed by atoms with E-state index >= 15 is 0 Å². The number of rotatable bonds is 6. The molecule has 0 radical (unpaired) electrons. The predicted octanol–water partition coefficient (Wildman–Crippen LogP) is 5.64. The van der Waals surface area contributed by atoms with Crippen molar-refractivity contribution in [3.63, 3.8) is 0 Å². The van der Waals surface area contributed by atoms with Gasteiger partial charge in [0.2, 0.25) is 0 Å². The summed E-state index contributed by atoms with van der Waals surface area (Å²) in [6.45, 7) is 19.8. The summed E-state index contributed by atoms with van der Waals surface area (Å²) in [4.78, 5) is 0. The lowest BCUT2D eigenvalue weighted by atomic mass is 10.2. The minimum atomic E-state index is -1.10. The van der Waals surface area contributed by atoms with Gasteiger partial charge in [0.25, 0.3) is 0 Å². The van der Waals surface area contributed by atoms with E-state index in [1.165, 1.54) is 25.7 Å². The molecule has 0 rings (SSSR count). The number of hydrogen-bond acceptors (Lipinski definition) is 0. The van der Waals surface area contributed by atoms with E-state index in [0.717, 1.165) is 0 Å². The first-order valence-electron chi connectivity index (χ1n) is 6.87. The Kier molecular flexibility index (Phi) is 6.27. The van der Waals surface area contributed by atoms with Crippen molar-refractivity contribution in [3.8, 4) is 0 Å². The van der Waals surface area contributed by atoms with Crippen LogP contribution in [0.25, 0.3) is 0 Å². The summed E-state index contributed by atoms with van der Waals surface area (Å²) >= 11 is 0. The van der Waals surface area contributed by atoms with Gasteiger partial charge in [0.05, 0.1) is 16.1 Å². The maximum absolute atomic E-state index is 2.52. The summed E-state index contributed by atoms with van der Waals surface area (Å²) in [7, 11) is -2.21. The largest absolute Gasteiger partial charge is 0.0855 e. The normalized spacial score (nSPS) is 15.0. The Morgan fingerprint density at radius 2 is 0.875 bits per heavy atom. The number of allylic oxidation sites excluding steroid dienone is 2. The van der Waals surface area contributed by atoms with E-state index in [9.17, 15) is 0 Å². The highest BCUT2D eigenvalue weighted by Gasteiger charge is 2.28. The fraction of sp³-hybridized carbons (Fsp3) is 0.857. The van der Waals surface area contributed by atoms with Crippen molar-refractivity contribution in [1.29, 1.82) is 0 Å². The Morgan fingerprint density at radius 1 is 0.625 bits per heavy atom. The van der Waals surface area contributed by atoms with E-state index in [4.69, 9.17) is 0 Å². The highest BCUT2D eigenvalue weighted by molar-refractivity contribution is 6.89. The minimum Gasteiger partial charge on any atom is -0.0855 e. The molecule has 0 aliphatic heterocycles. The van der Waals surface area contributed by atoms with E-state index in [1.807, 2.05) is 10.4 Å². The standard InChI is InChI=1S/C14H32Si2/c1-9-11-13(15(3,4)5)14(12-10-2)16(6,7)8/h9-12H2,1-8H3/b14-13+. The van der Waals surface area contributed by atoms with Gasteiger partial charge in [-0.05, 0) is 12.8 Å². The fourth-order valence-electron chi connectivity index (χ4n) is 2.46. The van der Waals surface area contributed by atoms with Crippen LogP contribution in [-0.4, -0.2) is 16.1 Å². The molecule has 0 nitrogen and oxygen atoms in total. The molecule has 0 atom stereocenters. The average molecular weight is 257 g/mol. The van der Waals surface area contributed by atoms with Crippen LogP contribution >= 0.6 is 0 Å². The Labute approximate surface area is 106 Å². The lowest BCUT2D eigenvalue weighted by molar-refractivity contribution is 0.885. The van der Waals surface area contributed by atoms with Gasteiger partial charge in [-0.15, -0.1) is 0 Å². The van der Waals surface area contributed by atoms with Crippen LogP contribution in [0.4, 0.5) is 0 Å². The third-order valence-electron chi connectivity index (χ3n) is 3.17. The van der Waals surface area contributed by atoms with Crippen molar-refractivity contribution in [2.75, 3.05) is 0 Å². The quantitative estimate of drug-likeness (QED) is 0.540. The topological polar surface area (TPSA) is 0 Å². The molecule has 0 N–H and O–H groups in total. The summed E-state index contributed by atoms with van der Waals surface area (Å²) in [5.41, 5.74) is 0. The number of hydrogen-bond donors (Lipinski definition) is 0. The molecule has 0 heterocycles. The molecule has 0 aliphatic rings. The van der Waals surface area contributed by atoms with Gasteiger partial charge in [0.15, 0.2) is 0 Å². The molecule has 0 saturated heterocycles. The van der Waals surface area contributed by atoms with Gasteiger partial charge in [-0.25, -0.2) is 0 Å². The Balaban J connectivity index is 5.45. The summed E-state index contributed by atoms with van der Waals surface area (Å²) in [6.07, 6.45) is 5.35. The third-order valence-corrected chi connectivity index (χ3v) is 8.15. The molecule has 0 amide bonds. The van der Waals surface area contributed by atoms with Crippen molar-refractivity contribution in [2.45, 2.75) is 78.8 Å². The van der Waals surface area contributed by atoms with Gasteiger partial charge >= 0.3 is 0 Å². The van der Waals surface area contributed by atoms with Crippen LogP contribution in [0.15, 0.2) is 10.4 Å². The molecule has 0 aromatic carbocycles. The molecular formula is C14H32Si2. The van der Waals surface area contributed by atoms with Gasteiger partial charge in [0, 0.05) is 0 Å². The van der Waals surface area contributed by atoms with Crippen molar-refractivity contribution < 1.29 is 0 Å². The van der Waals surface area contributed by atoms with Crippen LogP contribution in [0, 0.1) is 0 Å². The summed E-state index contributed by atoms with van der Waals surface area (Å²) in [5.74, 6) is 0. The van der Waals surface area contributed by atoms with Crippen LogP contribution in [0.2, 0.25) is 39.3 Å². The second kappa shape index (κ2) is 6.20. The SMILES string of the molecule is CCC/C(=C(/CCC)[Si](C)(C)C)[Si](C)(C)C. The Morgan fingerprint density at radius 3 is 1.00 bits per heavy atom. The first-order chi connectivity index (χ1) is 7.14. The van der Waals surface area contributed by atoms with Crippen molar-refractivity contribution >= 4 is 16.1 Å². The molecular weight excluding hydrogens is 224 g/mol. The lowest BCUT2D eigenvalue weighted by Gasteiger charge is -2.32. The van der Waals surface area contributed by atoms with E-state index < -0.39 is 16.1 Å². The lowest BCUT2D eigenvalue weighted by Crippen LogP contribution is -2.33. The monoisotopic (exact) mass is 256 g/mol. The molecule has 96 valence electrons. The molecule has 0 bridgehead atoms. The first-order valence-corrected chi connectivity index (χ1v) is 13.9. The molecule has 16 heavy (non-hydrogen) atoms. The first kappa shape index (κ1) is 16.2. The van der Waals surface area contributed by atoms with Crippen molar-refractivity contribution in [2.24, 2.45) is 0 Å². The zero-order valence-electron chi connectivity index (χ0n) is 12.8. The van der Waals surface area contributed by atoms with E-state index in [2.05, 4.69) is 53.1 Å². The maximum Gasteiger partial charge on any atom is 0.0718 e. The molecule has 2 heteroatoms. The fourth-order valence-corrected chi connectivity index (χ4v) is 8.77. The van der Waals surface area contributed by atoms with E-state index in [1.54, 1.807) is 0 Å². The van der Waals surface area contributed by atoms with Crippen LogP contribution in [0.3, 0.4) is 0 Å². The molecule has 0 aromatic rings.